The van der Waals surface area contributed by atoms with Crippen molar-refractivity contribution >= 4 is 17.5 Å². The van der Waals surface area contributed by atoms with Gasteiger partial charge in [-0.2, -0.15) is 0 Å². The fraction of sp³-hybridized carbons (Fsp3) is 0.467. The molecule has 0 saturated carbocycles. The van der Waals surface area contributed by atoms with Gasteiger partial charge in [0.25, 0.3) is 5.91 Å². The minimum atomic E-state index is -0.164. The normalized spacial score (nSPS) is 14.8. The second-order valence-electron chi connectivity index (χ2n) is 4.91. The van der Waals surface area contributed by atoms with Gasteiger partial charge < -0.3 is 15.0 Å². The molecule has 1 heterocycles. The molecular formula is C15H20N2O3. The fourth-order valence-corrected chi connectivity index (χ4v) is 2.26. The van der Waals surface area contributed by atoms with Crippen LogP contribution in [0.4, 0.5) is 5.69 Å². The number of piperidine rings is 1. The number of ether oxygens (including phenoxy) is 1. The molecule has 1 fully saturated rings. The Morgan fingerprint density at radius 2 is 1.90 bits per heavy atom. The van der Waals surface area contributed by atoms with E-state index in [2.05, 4.69) is 5.32 Å². The number of nitrogens with zero attached hydrogens (tertiary/aromatic N) is 1. The summed E-state index contributed by atoms with van der Waals surface area (Å²) in [5.41, 5.74) is 0.589. The molecule has 1 N–H and O–H groups in total. The SMILES string of the molecule is CC(=O)Nc1ccccc1OCC(=O)N1CCCCC1. The van der Waals surface area contributed by atoms with E-state index in [-0.39, 0.29) is 18.4 Å². The Hall–Kier alpha value is -2.04. The highest BCUT2D eigenvalue weighted by atomic mass is 16.5. The van der Waals surface area contributed by atoms with Crippen LogP contribution < -0.4 is 10.1 Å². The number of anilines is 1. The van der Waals surface area contributed by atoms with Crippen LogP contribution in [0.3, 0.4) is 0 Å². The molecule has 2 rings (SSSR count). The number of benzene rings is 1. The first-order valence-corrected chi connectivity index (χ1v) is 6.94. The van der Waals surface area contributed by atoms with Crippen molar-refractivity contribution in [2.24, 2.45) is 0 Å². The summed E-state index contributed by atoms with van der Waals surface area (Å²) in [6, 6.07) is 7.12. The van der Waals surface area contributed by atoms with E-state index in [0.29, 0.717) is 11.4 Å². The number of likely N-dealkylation sites (tertiary alicyclic amines) is 1. The van der Waals surface area contributed by atoms with E-state index in [1.165, 1.54) is 13.3 Å². The van der Waals surface area contributed by atoms with Crippen LogP contribution in [0.2, 0.25) is 0 Å². The van der Waals surface area contributed by atoms with Crippen LogP contribution in [-0.2, 0) is 9.59 Å². The highest BCUT2D eigenvalue weighted by molar-refractivity contribution is 5.90. The van der Waals surface area contributed by atoms with Crippen molar-refractivity contribution in [3.05, 3.63) is 24.3 Å². The van der Waals surface area contributed by atoms with E-state index in [0.717, 1.165) is 25.9 Å². The van der Waals surface area contributed by atoms with Crippen molar-refractivity contribution < 1.29 is 14.3 Å². The van der Waals surface area contributed by atoms with Crippen LogP contribution in [0.15, 0.2) is 24.3 Å². The van der Waals surface area contributed by atoms with Crippen LogP contribution >= 0.6 is 0 Å². The lowest BCUT2D eigenvalue weighted by molar-refractivity contribution is -0.134. The Bertz CT molecular complexity index is 482. The van der Waals surface area contributed by atoms with Gasteiger partial charge in [0.05, 0.1) is 5.69 Å². The Labute approximate surface area is 118 Å². The summed E-state index contributed by atoms with van der Waals surface area (Å²) in [4.78, 5) is 25.0. The molecule has 108 valence electrons. The van der Waals surface area contributed by atoms with E-state index in [1.54, 1.807) is 12.1 Å². The molecule has 0 unspecified atom stereocenters. The second-order valence-corrected chi connectivity index (χ2v) is 4.91. The molecular weight excluding hydrogens is 256 g/mol. The minimum Gasteiger partial charge on any atom is -0.482 e. The zero-order valence-corrected chi connectivity index (χ0v) is 11.7. The maximum Gasteiger partial charge on any atom is 0.260 e. The van der Waals surface area contributed by atoms with Gasteiger partial charge >= 0.3 is 0 Å². The first-order valence-electron chi connectivity index (χ1n) is 6.94. The van der Waals surface area contributed by atoms with Crippen molar-refractivity contribution in [2.75, 3.05) is 25.0 Å². The molecule has 0 radical (unpaired) electrons. The molecule has 2 amide bonds. The number of rotatable bonds is 4. The summed E-state index contributed by atoms with van der Waals surface area (Å²) < 4.78 is 5.55. The maximum absolute atomic E-state index is 12.0. The van der Waals surface area contributed by atoms with Crippen LogP contribution in [0.5, 0.6) is 5.75 Å². The summed E-state index contributed by atoms with van der Waals surface area (Å²) in [7, 11) is 0. The van der Waals surface area contributed by atoms with E-state index >= 15 is 0 Å². The van der Waals surface area contributed by atoms with Crippen molar-refractivity contribution in [1.82, 2.24) is 4.90 Å². The van der Waals surface area contributed by atoms with E-state index < -0.39 is 0 Å². The number of para-hydroxylation sites is 2. The van der Waals surface area contributed by atoms with Crippen molar-refractivity contribution in [1.29, 1.82) is 0 Å². The molecule has 5 nitrogen and oxygen atoms in total. The number of hydrogen-bond donors (Lipinski definition) is 1. The molecule has 20 heavy (non-hydrogen) atoms. The number of amides is 2. The maximum atomic E-state index is 12.0. The third-order valence-electron chi connectivity index (χ3n) is 3.26. The molecule has 0 bridgehead atoms. The second kappa shape index (κ2) is 6.93. The number of nitrogens with one attached hydrogen (secondary N) is 1. The number of carbonyl (C=O) groups excluding carboxylic acids is 2. The lowest BCUT2D eigenvalue weighted by atomic mass is 10.1. The van der Waals surface area contributed by atoms with Gasteiger partial charge in [0.1, 0.15) is 5.75 Å². The lowest BCUT2D eigenvalue weighted by Crippen LogP contribution is -2.38. The Morgan fingerprint density at radius 3 is 2.60 bits per heavy atom. The van der Waals surface area contributed by atoms with Crippen molar-refractivity contribution in [3.63, 3.8) is 0 Å². The highest BCUT2D eigenvalue weighted by Crippen LogP contribution is 2.23. The third kappa shape index (κ3) is 3.98. The molecule has 0 atom stereocenters. The highest BCUT2D eigenvalue weighted by Gasteiger charge is 2.17. The Balaban J connectivity index is 1.92. The first kappa shape index (κ1) is 14.4. The summed E-state index contributed by atoms with van der Waals surface area (Å²) >= 11 is 0. The predicted molar refractivity (Wildman–Crippen MR) is 76.7 cm³/mol. The first-order chi connectivity index (χ1) is 9.66. The summed E-state index contributed by atoms with van der Waals surface area (Å²) in [5.74, 6) is 0.360. The van der Waals surface area contributed by atoms with Gasteiger partial charge in [0.15, 0.2) is 6.61 Å². The Morgan fingerprint density at radius 1 is 1.20 bits per heavy atom. The molecule has 5 heteroatoms. The van der Waals surface area contributed by atoms with Crippen molar-refractivity contribution in [3.8, 4) is 5.75 Å². The number of hydrogen-bond acceptors (Lipinski definition) is 3. The van der Waals surface area contributed by atoms with Crippen LogP contribution in [-0.4, -0.2) is 36.4 Å². The standard InChI is InChI=1S/C15H20N2O3/c1-12(18)16-13-7-3-4-8-14(13)20-11-15(19)17-9-5-2-6-10-17/h3-4,7-8H,2,5-6,9-11H2,1H3,(H,16,18). The molecule has 0 spiro atoms. The van der Waals surface area contributed by atoms with Crippen LogP contribution in [0.1, 0.15) is 26.2 Å². The molecule has 0 aromatic heterocycles. The van der Waals surface area contributed by atoms with Gasteiger partial charge in [-0.25, -0.2) is 0 Å². The predicted octanol–water partition coefficient (Wildman–Crippen LogP) is 2.04. The van der Waals surface area contributed by atoms with Gasteiger partial charge in [0, 0.05) is 20.0 Å². The minimum absolute atomic E-state index is 0.00216. The topological polar surface area (TPSA) is 58.6 Å². The van der Waals surface area contributed by atoms with Gasteiger partial charge in [-0.05, 0) is 31.4 Å². The van der Waals surface area contributed by atoms with Gasteiger partial charge in [-0.15, -0.1) is 0 Å². The third-order valence-corrected chi connectivity index (χ3v) is 3.26. The summed E-state index contributed by atoms with van der Waals surface area (Å²) in [5, 5.41) is 2.69. The van der Waals surface area contributed by atoms with Gasteiger partial charge in [-0.3, -0.25) is 9.59 Å². The molecule has 1 saturated heterocycles. The largest absolute Gasteiger partial charge is 0.482 e. The Kier molecular flexibility index (Phi) is 4.98. The smallest absolute Gasteiger partial charge is 0.260 e. The lowest BCUT2D eigenvalue weighted by Gasteiger charge is -2.26. The zero-order chi connectivity index (χ0) is 14.4. The quantitative estimate of drug-likeness (QED) is 0.915. The average molecular weight is 276 g/mol. The molecule has 1 aromatic carbocycles. The summed E-state index contributed by atoms with van der Waals surface area (Å²) in [6.45, 7) is 3.08. The fourth-order valence-electron chi connectivity index (χ4n) is 2.26. The van der Waals surface area contributed by atoms with E-state index in [1.807, 2.05) is 17.0 Å². The molecule has 1 aromatic rings. The molecule has 1 aliphatic rings. The van der Waals surface area contributed by atoms with E-state index in [9.17, 15) is 9.59 Å². The molecule has 0 aliphatic carbocycles. The average Bonchev–Trinajstić information content (AvgIpc) is 2.46. The van der Waals surface area contributed by atoms with Gasteiger partial charge in [-0.1, -0.05) is 12.1 Å². The molecule has 1 aliphatic heterocycles. The monoisotopic (exact) mass is 276 g/mol. The van der Waals surface area contributed by atoms with Crippen LogP contribution in [0, 0.1) is 0 Å². The number of carbonyl (C=O) groups is 2. The van der Waals surface area contributed by atoms with Gasteiger partial charge in [0.2, 0.25) is 5.91 Å². The van der Waals surface area contributed by atoms with Crippen LogP contribution in [0.25, 0.3) is 0 Å². The van der Waals surface area contributed by atoms with E-state index in [4.69, 9.17) is 4.74 Å². The van der Waals surface area contributed by atoms with Crippen molar-refractivity contribution in [2.45, 2.75) is 26.2 Å². The zero-order valence-electron chi connectivity index (χ0n) is 11.7. The summed E-state index contributed by atoms with van der Waals surface area (Å²) in [6.07, 6.45) is 3.32.